The third-order valence-electron chi connectivity index (χ3n) is 1.58. The fourth-order valence-electron chi connectivity index (χ4n) is 0.780. The molecule has 0 heterocycles. The molecule has 0 aromatic heterocycles. The zero-order valence-corrected chi connectivity index (χ0v) is 7.50. The van der Waals surface area contributed by atoms with Crippen LogP contribution < -0.4 is 0 Å². The van der Waals surface area contributed by atoms with E-state index in [4.69, 9.17) is 10.2 Å². The lowest BCUT2D eigenvalue weighted by atomic mass is 10.3. The second-order valence-corrected chi connectivity index (χ2v) is 4.92. The van der Waals surface area contributed by atoms with E-state index in [-0.39, 0.29) is 5.75 Å². The Bertz CT molecular complexity index is 195. The molecular formula is C6H14O4S. The molecule has 0 fully saturated rings. The molecule has 0 spiro atoms. The van der Waals surface area contributed by atoms with Gasteiger partial charge in [-0.25, -0.2) is 8.42 Å². The third kappa shape index (κ3) is 2.76. The highest BCUT2D eigenvalue weighted by molar-refractivity contribution is 7.92. The monoisotopic (exact) mass is 182 g/mol. The van der Waals surface area contributed by atoms with E-state index in [1.807, 2.05) is 0 Å². The van der Waals surface area contributed by atoms with E-state index >= 15 is 0 Å². The van der Waals surface area contributed by atoms with Crippen LogP contribution in [0.15, 0.2) is 0 Å². The van der Waals surface area contributed by atoms with Crippen LogP contribution in [0.2, 0.25) is 0 Å². The molecule has 2 unspecified atom stereocenters. The second kappa shape index (κ2) is 4.04. The van der Waals surface area contributed by atoms with Crippen molar-refractivity contribution in [1.82, 2.24) is 0 Å². The molecule has 0 aliphatic carbocycles. The summed E-state index contributed by atoms with van der Waals surface area (Å²) in [5.41, 5.74) is 0. The minimum absolute atomic E-state index is 0.0525. The fourth-order valence-corrected chi connectivity index (χ4v) is 2.04. The van der Waals surface area contributed by atoms with Crippen molar-refractivity contribution in [1.29, 1.82) is 0 Å². The van der Waals surface area contributed by atoms with Crippen LogP contribution in [0.4, 0.5) is 0 Å². The lowest BCUT2D eigenvalue weighted by Crippen LogP contribution is -2.36. The molecule has 68 valence electrons. The number of aliphatic hydroxyl groups excluding tert-OH is 2. The first-order valence-corrected chi connectivity index (χ1v) is 5.17. The summed E-state index contributed by atoms with van der Waals surface area (Å²) in [5, 5.41) is 16.5. The Morgan fingerprint density at radius 1 is 1.45 bits per heavy atom. The van der Waals surface area contributed by atoms with E-state index in [9.17, 15) is 8.42 Å². The van der Waals surface area contributed by atoms with Crippen molar-refractivity contribution in [2.45, 2.75) is 25.2 Å². The van der Waals surface area contributed by atoms with E-state index < -0.39 is 27.8 Å². The average molecular weight is 182 g/mol. The van der Waals surface area contributed by atoms with Crippen molar-refractivity contribution in [2.24, 2.45) is 0 Å². The minimum Gasteiger partial charge on any atom is -0.395 e. The largest absolute Gasteiger partial charge is 0.395 e. The van der Waals surface area contributed by atoms with Gasteiger partial charge in [-0.15, -0.1) is 0 Å². The highest BCUT2D eigenvalue weighted by Crippen LogP contribution is 2.06. The van der Waals surface area contributed by atoms with Crippen LogP contribution in [0.5, 0.6) is 0 Å². The van der Waals surface area contributed by atoms with Crippen LogP contribution in [0, 0.1) is 0 Å². The predicted octanol–water partition coefficient (Wildman–Crippen LogP) is -0.837. The van der Waals surface area contributed by atoms with Gasteiger partial charge >= 0.3 is 0 Å². The maximum atomic E-state index is 11.1. The Morgan fingerprint density at radius 3 is 2.00 bits per heavy atom. The summed E-state index contributed by atoms with van der Waals surface area (Å²) in [7, 11) is -3.31. The van der Waals surface area contributed by atoms with Gasteiger partial charge in [-0.05, 0) is 6.92 Å². The topological polar surface area (TPSA) is 74.6 Å². The van der Waals surface area contributed by atoms with Crippen LogP contribution >= 0.6 is 0 Å². The van der Waals surface area contributed by atoms with E-state index in [0.29, 0.717) is 0 Å². The van der Waals surface area contributed by atoms with Crippen LogP contribution in [0.3, 0.4) is 0 Å². The normalized spacial score (nSPS) is 17.8. The van der Waals surface area contributed by atoms with Gasteiger partial charge in [0.05, 0.1) is 12.7 Å². The van der Waals surface area contributed by atoms with Crippen LogP contribution in [-0.4, -0.2) is 42.3 Å². The summed E-state index contributed by atoms with van der Waals surface area (Å²) < 4.78 is 22.1. The van der Waals surface area contributed by atoms with Gasteiger partial charge in [-0.1, -0.05) is 6.92 Å². The molecule has 2 atom stereocenters. The van der Waals surface area contributed by atoms with Crippen LogP contribution in [-0.2, 0) is 9.84 Å². The van der Waals surface area contributed by atoms with Crippen LogP contribution in [0.25, 0.3) is 0 Å². The molecule has 0 amide bonds. The SMILES string of the molecule is CCS(=O)(=O)C(CO)C(C)O. The summed E-state index contributed by atoms with van der Waals surface area (Å²) in [6.45, 7) is 2.32. The standard InChI is InChI=1S/C6H14O4S/c1-3-11(9,10)6(4-7)5(2)8/h5-8H,3-4H2,1-2H3. The lowest BCUT2D eigenvalue weighted by molar-refractivity contribution is 0.152. The van der Waals surface area contributed by atoms with Gasteiger partial charge in [-0.3, -0.25) is 0 Å². The Labute approximate surface area is 66.8 Å². The zero-order chi connectivity index (χ0) is 9.07. The zero-order valence-electron chi connectivity index (χ0n) is 6.69. The van der Waals surface area contributed by atoms with Gasteiger partial charge < -0.3 is 10.2 Å². The first kappa shape index (κ1) is 10.9. The Morgan fingerprint density at radius 2 is 1.91 bits per heavy atom. The summed E-state index contributed by atoms with van der Waals surface area (Å²) in [4.78, 5) is 0. The molecule has 0 aliphatic heterocycles. The molecular weight excluding hydrogens is 168 g/mol. The maximum absolute atomic E-state index is 11.1. The van der Waals surface area contributed by atoms with Crippen molar-refractivity contribution in [3.63, 3.8) is 0 Å². The molecule has 0 saturated carbocycles. The molecule has 0 bridgehead atoms. The molecule has 2 N–H and O–H groups in total. The number of hydrogen-bond acceptors (Lipinski definition) is 4. The molecule has 11 heavy (non-hydrogen) atoms. The highest BCUT2D eigenvalue weighted by Gasteiger charge is 2.27. The van der Waals surface area contributed by atoms with Crippen LogP contribution in [0.1, 0.15) is 13.8 Å². The number of rotatable bonds is 4. The summed E-state index contributed by atoms with van der Waals surface area (Å²) >= 11 is 0. The Hall–Kier alpha value is -0.130. The summed E-state index contributed by atoms with van der Waals surface area (Å²) in [6, 6.07) is 0. The molecule has 0 rings (SSSR count). The molecule has 0 aliphatic rings. The van der Waals surface area contributed by atoms with Gasteiger partial charge in [-0.2, -0.15) is 0 Å². The van der Waals surface area contributed by atoms with Gasteiger partial charge in [0.2, 0.25) is 0 Å². The number of sulfone groups is 1. The number of aliphatic hydroxyl groups is 2. The van der Waals surface area contributed by atoms with Crippen molar-refractivity contribution >= 4 is 9.84 Å². The average Bonchev–Trinajstić information content (AvgIpc) is 1.88. The van der Waals surface area contributed by atoms with Gasteiger partial charge in [0.25, 0.3) is 0 Å². The smallest absolute Gasteiger partial charge is 0.157 e. The molecule has 0 aromatic rings. The Balaban J connectivity index is 4.51. The summed E-state index contributed by atoms with van der Waals surface area (Å²) in [5.74, 6) is -0.0525. The van der Waals surface area contributed by atoms with Gasteiger partial charge in [0, 0.05) is 5.75 Å². The van der Waals surface area contributed by atoms with Gasteiger partial charge in [0.1, 0.15) is 5.25 Å². The highest BCUT2D eigenvalue weighted by atomic mass is 32.2. The third-order valence-corrected chi connectivity index (χ3v) is 3.85. The lowest BCUT2D eigenvalue weighted by Gasteiger charge is -2.16. The molecule has 0 radical (unpaired) electrons. The quantitative estimate of drug-likeness (QED) is 0.594. The van der Waals surface area contributed by atoms with E-state index in [2.05, 4.69) is 0 Å². The molecule has 0 aromatic carbocycles. The van der Waals surface area contributed by atoms with Gasteiger partial charge in [0.15, 0.2) is 9.84 Å². The Kier molecular flexibility index (Phi) is 3.99. The van der Waals surface area contributed by atoms with E-state index in [1.54, 1.807) is 0 Å². The summed E-state index contributed by atoms with van der Waals surface area (Å²) in [6.07, 6.45) is -1.01. The van der Waals surface area contributed by atoms with Crippen molar-refractivity contribution in [3.05, 3.63) is 0 Å². The fraction of sp³-hybridized carbons (Fsp3) is 1.00. The second-order valence-electron chi connectivity index (χ2n) is 2.41. The maximum Gasteiger partial charge on any atom is 0.157 e. The first-order valence-electron chi connectivity index (χ1n) is 3.46. The van der Waals surface area contributed by atoms with Crippen molar-refractivity contribution in [3.8, 4) is 0 Å². The number of hydrogen-bond donors (Lipinski definition) is 2. The van der Waals surface area contributed by atoms with E-state index in [1.165, 1.54) is 13.8 Å². The van der Waals surface area contributed by atoms with E-state index in [0.717, 1.165) is 0 Å². The molecule has 4 nitrogen and oxygen atoms in total. The molecule has 5 heteroatoms. The predicted molar refractivity (Wildman–Crippen MR) is 42.0 cm³/mol. The minimum atomic E-state index is -3.31. The van der Waals surface area contributed by atoms with Crippen molar-refractivity contribution in [2.75, 3.05) is 12.4 Å². The van der Waals surface area contributed by atoms with Crippen molar-refractivity contribution < 1.29 is 18.6 Å². The molecule has 0 saturated heterocycles. The first-order chi connectivity index (χ1) is 4.95.